The predicted octanol–water partition coefficient (Wildman–Crippen LogP) is 4.62. The molecule has 0 spiro atoms. The normalized spacial score (nSPS) is 14.5. The van der Waals surface area contributed by atoms with Gasteiger partial charge >= 0.3 is 0 Å². The van der Waals surface area contributed by atoms with Gasteiger partial charge in [0.25, 0.3) is 0 Å². The third kappa shape index (κ3) is 5.43. The summed E-state index contributed by atoms with van der Waals surface area (Å²) in [6.07, 6.45) is 3.05. The Labute approximate surface area is 157 Å². The van der Waals surface area contributed by atoms with Crippen LogP contribution in [-0.2, 0) is 11.2 Å². The highest BCUT2D eigenvalue weighted by Gasteiger charge is 2.28. The van der Waals surface area contributed by atoms with Gasteiger partial charge in [0, 0.05) is 13.0 Å². The number of aliphatic hydroxyl groups is 1. The van der Waals surface area contributed by atoms with Crippen LogP contribution in [0.5, 0.6) is 0 Å². The highest BCUT2D eigenvalue weighted by molar-refractivity contribution is 5.79. The van der Waals surface area contributed by atoms with E-state index >= 15 is 0 Å². The Balaban J connectivity index is 2.09. The molecule has 0 saturated heterocycles. The first kappa shape index (κ1) is 20.2. The molecule has 1 amide bonds. The molecule has 0 saturated carbocycles. The van der Waals surface area contributed by atoms with E-state index in [4.69, 9.17) is 0 Å². The molecule has 0 aliphatic carbocycles. The number of carbonyl (C=O) groups excluding carboxylic acids is 1. The van der Waals surface area contributed by atoms with Crippen molar-refractivity contribution in [2.45, 2.75) is 51.7 Å². The summed E-state index contributed by atoms with van der Waals surface area (Å²) in [7, 11) is 1.81. The lowest BCUT2D eigenvalue weighted by Crippen LogP contribution is -2.42. The van der Waals surface area contributed by atoms with Crippen LogP contribution in [0.1, 0.15) is 50.3 Å². The number of hydrogen-bond acceptors (Lipinski definition) is 2. The zero-order valence-electron chi connectivity index (χ0n) is 16.1. The molecular formula is C23H31NO2. The van der Waals surface area contributed by atoms with Crippen LogP contribution in [0.2, 0.25) is 0 Å². The van der Waals surface area contributed by atoms with Crippen LogP contribution in [0, 0.1) is 5.92 Å². The second-order valence-corrected chi connectivity index (χ2v) is 7.07. The monoisotopic (exact) mass is 353 g/mol. The van der Waals surface area contributed by atoms with E-state index < -0.39 is 6.10 Å². The lowest BCUT2D eigenvalue weighted by atomic mass is 9.92. The molecule has 0 unspecified atom stereocenters. The van der Waals surface area contributed by atoms with E-state index in [2.05, 4.69) is 19.1 Å². The maximum Gasteiger partial charge on any atom is 0.226 e. The van der Waals surface area contributed by atoms with Gasteiger partial charge in [-0.05, 0) is 30.9 Å². The summed E-state index contributed by atoms with van der Waals surface area (Å²) in [6.45, 7) is 4.06. The van der Waals surface area contributed by atoms with E-state index in [0.717, 1.165) is 31.2 Å². The third-order valence-electron chi connectivity index (χ3n) is 5.14. The van der Waals surface area contributed by atoms with E-state index in [1.54, 1.807) is 4.90 Å². The highest BCUT2D eigenvalue weighted by atomic mass is 16.3. The first-order valence-electron chi connectivity index (χ1n) is 9.58. The van der Waals surface area contributed by atoms with E-state index in [-0.39, 0.29) is 17.9 Å². The minimum atomic E-state index is -0.686. The molecule has 1 N–H and O–H groups in total. The van der Waals surface area contributed by atoms with Crippen molar-refractivity contribution >= 4 is 5.91 Å². The van der Waals surface area contributed by atoms with Crippen LogP contribution >= 0.6 is 0 Å². The van der Waals surface area contributed by atoms with Crippen LogP contribution in [0.25, 0.3) is 0 Å². The number of hydrogen-bond donors (Lipinski definition) is 1. The lowest BCUT2D eigenvalue weighted by molar-refractivity contribution is -0.138. The van der Waals surface area contributed by atoms with E-state index in [0.29, 0.717) is 0 Å². The van der Waals surface area contributed by atoms with Crippen molar-refractivity contribution in [2.24, 2.45) is 5.92 Å². The summed E-state index contributed by atoms with van der Waals surface area (Å²) in [5.74, 6) is 0.0672. The minimum Gasteiger partial charge on any atom is -0.386 e. The molecular weight excluding hydrogens is 322 g/mol. The fourth-order valence-corrected chi connectivity index (χ4v) is 3.29. The number of carbonyl (C=O) groups is 1. The molecule has 0 fully saturated rings. The molecule has 2 aromatic rings. The van der Waals surface area contributed by atoms with Crippen molar-refractivity contribution in [2.75, 3.05) is 7.05 Å². The van der Waals surface area contributed by atoms with Crippen LogP contribution in [0.15, 0.2) is 60.7 Å². The van der Waals surface area contributed by atoms with Gasteiger partial charge in [-0.15, -0.1) is 0 Å². The largest absolute Gasteiger partial charge is 0.386 e. The Bertz CT molecular complexity index is 656. The predicted molar refractivity (Wildman–Crippen MR) is 107 cm³/mol. The second-order valence-electron chi connectivity index (χ2n) is 7.07. The molecule has 0 aliphatic rings. The first-order valence-corrected chi connectivity index (χ1v) is 9.58. The van der Waals surface area contributed by atoms with Gasteiger partial charge in [-0.3, -0.25) is 4.79 Å². The van der Waals surface area contributed by atoms with Gasteiger partial charge in [-0.25, -0.2) is 0 Å². The van der Waals surface area contributed by atoms with Crippen LogP contribution < -0.4 is 0 Å². The Morgan fingerprint density at radius 1 is 1.04 bits per heavy atom. The number of unbranched alkanes of at least 4 members (excludes halogenated alkanes) is 1. The van der Waals surface area contributed by atoms with Crippen molar-refractivity contribution in [3.8, 4) is 0 Å². The number of likely N-dealkylation sites (N-methyl/N-ethyl adjacent to an activating group) is 1. The number of nitrogens with zero attached hydrogens (tertiary/aromatic N) is 1. The quantitative estimate of drug-likeness (QED) is 0.715. The van der Waals surface area contributed by atoms with Crippen LogP contribution in [0.3, 0.4) is 0 Å². The number of benzene rings is 2. The molecule has 3 atom stereocenters. The summed E-state index contributed by atoms with van der Waals surface area (Å²) in [5.41, 5.74) is 2.03. The van der Waals surface area contributed by atoms with Crippen molar-refractivity contribution < 1.29 is 9.90 Å². The minimum absolute atomic E-state index is 0.0484. The van der Waals surface area contributed by atoms with Gasteiger partial charge in [-0.2, -0.15) is 0 Å². The van der Waals surface area contributed by atoms with Crippen molar-refractivity contribution in [1.82, 2.24) is 4.90 Å². The van der Waals surface area contributed by atoms with Gasteiger partial charge < -0.3 is 10.0 Å². The topological polar surface area (TPSA) is 40.5 Å². The summed E-state index contributed by atoms with van der Waals surface area (Å²) < 4.78 is 0. The Hall–Kier alpha value is -2.13. The van der Waals surface area contributed by atoms with Gasteiger partial charge in [0.05, 0.1) is 12.1 Å². The molecule has 26 heavy (non-hydrogen) atoms. The average molecular weight is 354 g/mol. The molecule has 2 rings (SSSR count). The molecule has 3 heteroatoms. The average Bonchev–Trinajstić information content (AvgIpc) is 2.70. The molecule has 0 radical (unpaired) electrons. The molecule has 2 aromatic carbocycles. The van der Waals surface area contributed by atoms with Gasteiger partial charge in [-0.1, -0.05) is 80.4 Å². The molecule has 140 valence electrons. The zero-order valence-corrected chi connectivity index (χ0v) is 16.1. The third-order valence-corrected chi connectivity index (χ3v) is 5.14. The van der Waals surface area contributed by atoms with E-state index in [9.17, 15) is 9.90 Å². The van der Waals surface area contributed by atoms with E-state index in [1.165, 1.54) is 5.56 Å². The highest BCUT2D eigenvalue weighted by Crippen LogP contribution is 2.24. The van der Waals surface area contributed by atoms with Crippen molar-refractivity contribution in [3.05, 3.63) is 71.8 Å². The Morgan fingerprint density at radius 2 is 1.62 bits per heavy atom. The molecule has 0 heterocycles. The standard InChI is InChI=1S/C23H31NO2/c1-4-5-14-21(17-19-12-8-6-9-13-19)23(26)24(3)18(2)22(25)20-15-10-7-11-16-20/h6-13,15-16,18,21-22,25H,4-5,14,17H2,1-3H3/t18-,21+,22+/m0/s1. The van der Waals surface area contributed by atoms with Crippen molar-refractivity contribution in [3.63, 3.8) is 0 Å². The summed E-state index contributed by atoms with van der Waals surface area (Å²) >= 11 is 0. The fraction of sp³-hybridized carbons (Fsp3) is 0.435. The smallest absolute Gasteiger partial charge is 0.226 e. The SMILES string of the molecule is CCCC[C@H](Cc1ccccc1)C(=O)N(C)[C@@H](C)[C@@H](O)c1ccccc1. The fourth-order valence-electron chi connectivity index (χ4n) is 3.29. The van der Waals surface area contributed by atoms with Gasteiger partial charge in [0.1, 0.15) is 0 Å². The van der Waals surface area contributed by atoms with E-state index in [1.807, 2.05) is 62.5 Å². The summed E-state index contributed by atoms with van der Waals surface area (Å²) in [4.78, 5) is 14.9. The van der Waals surface area contributed by atoms with Crippen LogP contribution in [-0.4, -0.2) is 29.0 Å². The number of rotatable bonds is 9. The first-order chi connectivity index (χ1) is 12.5. The maximum absolute atomic E-state index is 13.1. The lowest BCUT2D eigenvalue weighted by Gasteiger charge is -2.32. The summed E-state index contributed by atoms with van der Waals surface area (Å²) in [5, 5.41) is 10.7. The molecule has 0 aliphatic heterocycles. The zero-order chi connectivity index (χ0) is 18.9. The molecule has 0 aromatic heterocycles. The maximum atomic E-state index is 13.1. The van der Waals surface area contributed by atoms with Gasteiger partial charge in [0.2, 0.25) is 5.91 Å². The molecule has 3 nitrogen and oxygen atoms in total. The van der Waals surface area contributed by atoms with Gasteiger partial charge in [0.15, 0.2) is 0 Å². The molecule has 0 bridgehead atoms. The Morgan fingerprint density at radius 3 is 2.19 bits per heavy atom. The van der Waals surface area contributed by atoms with Crippen LogP contribution in [0.4, 0.5) is 0 Å². The summed E-state index contributed by atoms with van der Waals surface area (Å²) in [6, 6.07) is 19.5. The van der Waals surface area contributed by atoms with Crippen molar-refractivity contribution in [1.29, 1.82) is 0 Å². The second kappa shape index (κ2) is 10.1. The number of amides is 1. The Kier molecular flexibility index (Phi) is 7.86. The number of aliphatic hydroxyl groups excluding tert-OH is 1.